The van der Waals surface area contributed by atoms with Crippen LogP contribution >= 0.6 is 0 Å². The van der Waals surface area contributed by atoms with Gasteiger partial charge in [-0.1, -0.05) is 0 Å². The first kappa shape index (κ1) is 9.46. The second-order valence-electron chi connectivity index (χ2n) is 4.02. The van der Waals surface area contributed by atoms with Gasteiger partial charge in [-0.15, -0.1) is 0 Å². The zero-order chi connectivity index (χ0) is 9.97. The van der Waals surface area contributed by atoms with E-state index < -0.39 is 0 Å². The average molecular weight is 191 g/mol. The van der Waals surface area contributed by atoms with Crippen LogP contribution in [0, 0.1) is 0 Å². The summed E-state index contributed by atoms with van der Waals surface area (Å²) >= 11 is 0. The van der Waals surface area contributed by atoms with Crippen LogP contribution in [-0.4, -0.2) is 30.2 Å². The molecule has 1 aliphatic rings. The molecular formula is C11H17N3. The Kier molecular flexibility index (Phi) is 2.68. The smallest absolute Gasteiger partial charge is 0.0556 e. The molecule has 2 heterocycles. The van der Waals surface area contributed by atoms with E-state index >= 15 is 0 Å². The van der Waals surface area contributed by atoms with Gasteiger partial charge in [0.05, 0.1) is 11.9 Å². The molecule has 0 aromatic carbocycles. The maximum Gasteiger partial charge on any atom is 0.0556 e. The van der Waals surface area contributed by atoms with Gasteiger partial charge in [-0.3, -0.25) is 4.98 Å². The molecule has 1 aromatic heterocycles. The van der Waals surface area contributed by atoms with Gasteiger partial charge in [0.1, 0.15) is 0 Å². The third kappa shape index (κ3) is 1.87. The summed E-state index contributed by atoms with van der Waals surface area (Å²) in [6.07, 6.45) is 3.76. The molecule has 3 nitrogen and oxygen atoms in total. The van der Waals surface area contributed by atoms with Crippen LogP contribution in [0.1, 0.15) is 13.8 Å². The SMILES string of the molecule is C[C@@H]1CN[C@@H](C)CN1c1cccnc1. The first-order valence-corrected chi connectivity index (χ1v) is 5.17. The third-order valence-electron chi connectivity index (χ3n) is 2.74. The number of hydrogen-bond donors (Lipinski definition) is 1. The van der Waals surface area contributed by atoms with Crippen LogP contribution in [0.3, 0.4) is 0 Å². The molecule has 3 heteroatoms. The Balaban J connectivity index is 2.16. The Labute approximate surface area is 85.1 Å². The Morgan fingerprint density at radius 2 is 2.36 bits per heavy atom. The van der Waals surface area contributed by atoms with E-state index in [9.17, 15) is 0 Å². The number of piperazine rings is 1. The van der Waals surface area contributed by atoms with Crippen LogP contribution in [0.2, 0.25) is 0 Å². The molecule has 0 radical (unpaired) electrons. The largest absolute Gasteiger partial charge is 0.365 e. The molecular weight excluding hydrogens is 174 g/mol. The van der Waals surface area contributed by atoms with Gasteiger partial charge in [-0.2, -0.15) is 0 Å². The number of nitrogens with zero attached hydrogens (tertiary/aromatic N) is 2. The van der Waals surface area contributed by atoms with Crippen molar-refractivity contribution in [2.24, 2.45) is 0 Å². The van der Waals surface area contributed by atoms with E-state index in [1.54, 1.807) is 0 Å². The number of aromatic nitrogens is 1. The minimum absolute atomic E-state index is 0.551. The molecule has 1 aliphatic heterocycles. The Hall–Kier alpha value is -1.09. The van der Waals surface area contributed by atoms with Gasteiger partial charge >= 0.3 is 0 Å². The molecule has 0 bridgehead atoms. The molecule has 0 spiro atoms. The van der Waals surface area contributed by atoms with Gasteiger partial charge in [0, 0.05) is 31.4 Å². The minimum atomic E-state index is 0.551. The number of anilines is 1. The van der Waals surface area contributed by atoms with E-state index in [2.05, 4.69) is 35.1 Å². The van der Waals surface area contributed by atoms with Gasteiger partial charge < -0.3 is 10.2 Å². The topological polar surface area (TPSA) is 28.2 Å². The molecule has 1 fully saturated rings. The predicted molar refractivity (Wildman–Crippen MR) is 58.5 cm³/mol. The monoisotopic (exact) mass is 191 g/mol. The van der Waals surface area contributed by atoms with Crippen molar-refractivity contribution in [2.75, 3.05) is 18.0 Å². The Morgan fingerprint density at radius 1 is 1.50 bits per heavy atom. The van der Waals surface area contributed by atoms with Crippen LogP contribution in [-0.2, 0) is 0 Å². The predicted octanol–water partition coefficient (Wildman–Crippen LogP) is 1.27. The quantitative estimate of drug-likeness (QED) is 0.724. The zero-order valence-corrected chi connectivity index (χ0v) is 8.77. The molecule has 1 N–H and O–H groups in total. The van der Waals surface area contributed by atoms with Crippen molar-refractivity contribution in [1.29, 1.82) is 0 Å². The standard InChI is InChI=1S/C11H17N3/c1-9-8-14(10(2)6-13-9)11-4-3-5-12-7-11/h3-5,7,9-10,13H,6,8H2,1-2H3/t9-,10+/m0/s1. The van der Waals surface area contributed by atoms with Crippen molar-refractivity contribution in [3.8, 4) is 0 Å². The van der Waals surface area contributed by atoms with Gasteiger partial charge in [-0.05, 0) is 26.0 Å². The van der Waals surface area contributed by atoms with Gasteiger partial charge in [-0.25, -0.2) is 0 Å². The van der Waals surface area contributed by atoms with E-state index in [0.717, 1.165) is 13.1 Å². The zero-order valence-electron chi connectivity index (χ0n) is 8.77. The summed E-state index contributed by atoms with van der Waals surface area (Å²) < 4.78 is 0. The summed E-state index contributed by atoms with van der Waals surface area (Å²) in [5.41, 5.74) is 1.23. The summed E-state index contributed by atoms with van der Waals surface area (Å²) in [6, 6.07) is 5.23. The molecule has 0 aliphatic carbocycles. The lowest BCUT2D eigenvalue weighted by Gasteiger charge is -2.39. The van der Waals surface area contributed by atoms with Crippen molar-refractivity contribution < 1.29 is 0 Å². The molecule has 0 amide bonds. The highest BCUT2D eigenvalue weighted by Gasteiger charge is 2.22. The van der Waals surface area contributed by atoms with Crippen molar-refractivity contribution in [3.63, 3.8) is 0 Å². The fourth-order valence-electron chi connectivity index (χ4n) is 1.91. The fourth-order valence-corrected chi connectivity index (χ4v) is 1.91. The van der Waals surface area contributed by atoms with E-state index in [4.69, 9.17) is 0 Å². The van der Waals surface area contributed by atoms with E-state index in [1.165, 1.54) is 5.69 Å². The lowest BCUT2D eigenvalue weighted by molar-refractivity contribution is 0.425. The van der Waals surface area contributed by atoms with Crippen molar-refractivity contribution >= 4 is 5.69 Å². The van der Waals surface area contributed by atoms with Crippen molar-refractivity contribution in [3.05, 3.63) is 24.5 Å². The normalized spacial score (nSPS) is 27.7. The first-order valence-electron chi connectivity index (χ1n) is 5.17. The Morgan fingerprint density at radius 3 is 3.07 bits per heavy atom. The number of hydrogen-bond acceptors (Lipinski definition) is 3. The highest BCUT2D eigenvalue weighted by Crippen LogP contribution is 2.17. The third-order valence-corrected chi connectivity index (χ3v) is 2.74. The van der Waals surface area contributed by atoms with Crippen LogP contribution in [0.4, 0.5) is 5.69 Å². The maximum absolute atomic E-state index is 4.16. The van der Waals surface area contributed by atoms with E-state index in [0.29, 0.717) is 12.1 Å². The highest BCUT2D eigenvalue weighted by atomic mass is 15.2. The molecule has 1 saturated heterocycles. The van der Waals surface area contributed by atoms with Crippen LogP contribution in [0.25, 0.3) is 0 Å². The van der Waals surface area contributed by atoms with E-state index in [-0.39, 0.29) is 0 Å². The highest BCUT2D eigenvalue weighted by molar-refractivity contribution is 5.45. The van der Waals surface area contributed by atoms with Gasteiger partial charge in [0.25, 0.3) is 0 Å². The molecule has 14 heavy (non-hydrogen) atoms. The second-order valence-corrected chi connectivity index (χ2v) is 4.02. The number of nitrogens with one attached hydrogen (secondary N) is 1. The average Bonchev–Trinajstić information content (AvgIpc) is 2.23. The summed E-state index contributed by atoms with van der Waals surface area (Å²) in [5.74, 6) is 0. The minimum Gasteiger partial charge on any atom is -0.365 e. The molecule has 0 unspecified atom stereocenters. The van der Waals surface area contributed by atoms with E-state index in [1.807, 2.05) is 18.5 Å². The van der Waals surface area contributed by atoms with Crippen LogP contribution < -0.4 is 10.2 Å². The number of rotatable bonds is 1. The molecule has 0 saturated carbocycles. The molecule has 1 aromatic rings. The lowest BCUT2D eigenvalue weighted by Crippen LogP contribution is -2.54. The Bertz CT molecular complexity index is 286. The lowest BCUT2D eigenvalue weighted by atomic mass is 10.1. The maximum atomic E-state index is 4.16. The van der Waals surface area contributed by atoms with Crippen LogP contribution in [0.15, 0.2) is 24.5 Å². The fraction of sp³-hybridized carbons (Fsp3) is 0.545. The summed E-state index contributed by atoms with van der Waals surface area (Å²) in [6.45, 7) is 6.57. The van der Waals surface area contributed by atoms with Crippen molar-refractivity contribution in [2.45, 2.75) is 25.9 Å². The molecule has 2 atom stereocenters. The van der Waals surface area contributed by atoms with Gasteiger partial charge in [0.15, 0.2) is 0 Å². The number of pyridine rings is 1. The van der Waals surface area contributed by atoms with Crippen molar-refractivity contribution in [1.82, 2.24) is 10.3 Å². The first-order chi connectivity index (χ1) is 6.77. The van der Waals surface area contributed by atoms with Crippen LogP contribution in [0.5, 0.6) is 0 Å². The summed E-state index contributed by atoms with van der Waals surface area (Å²) in [7, 11) is 0. The summed E-state index contributed by atoms with van der Waals surface area (Å²) in [5, 5.41) is 3.47. The second kappa shape index (κ2) is 3.96. The van der Waals surface area contributed by atoms with Gasteiger partial charge in [0.2, 0.25) is 0 Å². The molecule has 76 valence electrons. The summed E-state index contributed by atoms with van der Waals surface area (Å²) in [4.78, 5) is 6.57. The molecule has 2 rings (SSSR count).